The lowest BCUT2D eigenvalue weighted by atomic mass is 10.1. The zero-order valence-corrected chi connectivity index (χ0v) is 11.9. The fraction of sp³-hybridized carbons (Fsp3) is 0.500. The number of nitrogens with two attached hydrogens (primary N) is 1. The molecule has 0 heterocycles. The molecule has 0 aliphatic heterocycles. The highest BCUT2D eigenvalue weighted by atomic mass is 19.4. The quantitative estimate of drug-likeness (QED) is 0.365. The zero-order valence-electron chi connectivity index (χ0n) is 11.9. The van der Waals surface area contributed by atoms with Gasteiger partial charge in [-0.05, 0) is 30.5 Å². The molecule has 1 rings (SSSR count). The molecule has 1 aromatic rings. The molecule has 0 radical (unpaired) electrons. The van der Waals surface area contributed by atoms with Gasteiger partial charge >= 0.3 is 6.18 Å². The van der Waals surface area contributed by atoms with Crippen LogP contribution in [0.5, 0.6) is 5.75 Å². The lowest BCUT2D eigenvalue weighted by Crippen LogP contribution is -2.20. The van der Waals surface area contributed by atoms with Crippen LogP contribution in [0.3, 0.4) is 0 Å². The molecule has 118 valence electrons. The average molecular weight is 304 g/mol. The minimum absolute atomic E-state index is 0.111. The van der Waals surface area contributed by atoms with Crippen LogP contribution in [0.1, 0.15) is 37.8 Å². The first-order valence-electron chi connectivity index (χ1n) is 6.61. The summed E-state index contributed by atoms with van der Waals surface area (Å²) in [5.74, 6) is -0.221. The summed E-state index contributed by atoms with van der Waals surface area (Å²) in [7, 11) is 0. The van der Waals surface area contributed by atoms with Crippen molar-refractivity contribution in [3.05, 3.63) is 29.3 Å². The molecule has 7 heteroatoms. The Morgan fingerprint density at radius 1 is 1.43 bits per heavy atom. The molecular weight excluding hydrogens is 285 g/mol. The lowest BCUT2D eigenvalue weighted by Gasteiger charge is -2.16. The third-order valence-corrected chi connectivity index (χ3v) is 3.00. The van der Waals surface area contributed by atoms with E-state index in [1.807, 2.05) is 13.8 Å². The molecular formula is C14H19F3N2O2. The van der Waals surface area contributed by atoms with Crippen molar-refractivity contribution < 1.29 is 23.1 Å². The van der Waals surface area contributed by atoms with Crippen molar-refractivity contribution in [2.75, 3.05) is 6.61 Å². The number of oxime groups is 1. The zero-order chi connectivity index (χ0) is 16.0. The molecule has 0 aliphatic rings. The van der Waals surface area contributed by atoms with Crippen LogP contribution in [-0.2, 0) is 6.18 Å². The summed E-state index contributed by atoms with van der Waals surface area (Å²) in [4.78, 5) is 0. The van der Waals surface area contributed by atoms with E-state index in [4.69, 9.17) is 15.7 Å². The van der Waals surface area contributed by atoms with Crippen LogP contribution in [-0.4, -0.2) is 17.6 Å². The van der Waals surface area contributed by atoms with Crippen molar-refractivity contribution in [2.45, 2.75) is 32.9 Å². The Morgan fingerprint density at radius 2 is 2.10 bits per heavy atom. The number of ether oxygens (including phenoxy) is 1. The maximum Gasteiger partial charge on any atom is 0.417 e. The van der Waals surface area contributed by atoms with Gasteiger partial charge < -0.3 is 15.7 Å². The molecule has 0 fully saturated rings. The number of alkyl halides is 3. The molecule has 0 saturated heterocycles. The normalized spacial score (nSPS) is 14.0. The third kappa shape index (κ3) is 4.84. The van der Waals surface area contributed by atoms with Gasteiger partial charge in [0.1, 0.15) is 5.75 Å². The van der Waals surface area contributed by atoms with E-state index in [0.29, 0.717) is 6.61 Å². The van der Waals surface area contributed by atoms with Gasteiger partial charge in [0.2, 0.25) is 0 Å². The Bertz CT molecular complexity index is 501. The van der Waals surface area contributed by atoms with Crippen LogP contribution in [0.2, 0.25) is 0 Å². The molecule has 0 aromatic heterocycles. The molecule has 0 aliphatic carbocycles. The highest BCUT2D eigenvalue weighted by molar-refractivity contribution is 5.98. The molecule has 1 unspecified atom stereocenters. The summed E-state index contributed by atoms with van der Waals surface area (Å²) in [6.45, 7) is 4.34. The number of hydrogen-bond donors (Lipinski definition) is 2. The Morgan fingerprint density at radius 3 is 2.62 bits per heavy atom. The molecule has 1 aromatic carbocycles. The number of hydrogen-bond acceptors (Lipinski definition) is 3. The van der Waals surface area contributed by atoms with Crippen LogP contribution >= 0.6 is 0 Å². The number of amidine groups is 1. The van der Waals surface area contributed by atoms with Gasteiger partial charge in [0.15, 0.2) is 5.84 Å². The highest BCUT2D eigenvalue weighted by Gasteiger charge is 2.35. The van der Waals surface area contributed by atoms with E-state index in [1.54, 1.807) is 0 Å². The van der Waals surface area contributed by atoms with Gasteiger partial charge in [-0.1, -0.05) is 25.4 Å². The summed E-state index contributed by atoms with van der Waals surface area (Å²) in [6, 6.07) is 3.38. The van der Waals surface area contributed by atoms with Gasteiger partial charge in [0, 0.05) is 5.56 Å². The van der Waals surface area contributed by atoms with Gasteiger partial charge in [0.05, 0.1) is 12.2 Å². The first-order chi connectivity index (χ1) is 9.79. The molecule has 0 bridgehead atoms. The average Bonchev–Trinajstić information content (AvgIpc) is 2.43. The van der Waals surface area contributed by atoms with E-state index >= 15 is 0 Å². The first-order valence-corrected chi connectivity index (χ1v) is 6.61. The number of benzene rings is 1. The van der Waals surface area contributed by atoms with Crippen LogP contribution in [0, 0.1) is 5.92 Å². The summed E-state index contributed by atoms with van der Waals surface area (Å²) < 4.78 is 44.4. The number of nitrogens with zero attached hydrogens (tertiary/aromatic N) is 1. The third-order valence-electron chi connectivity index (χ3n) is 3.00. The van der Waals surface area contributed by atoms with E-state index < -0.39 is 17.6 Å². The molecule has 0 spiro atoms. The first kappa shape index (κ1) is 17.1. The Balaban J connectivity index is 3.00. The second-order valence-corrected chi connectivity index (χ2v) is 4.90. The summed E-state index contributed by atoms with van der Waals surface area (Å²) in [5, 5.41) is 11.2. The van der Waals surface area contributed by atoms with Crippen molar-refractivity contribution in [3.8, 4) is 5.75 Å². The van der Waals surface area contributed by atoms with E-state index in [1.165, 1.54) is 6.07 Å². The SMILES string of the molecule is CCCC(C)COc1ccc(/C(N)=N/O)c(C(F)(F)F)c1. The van der Waals surface area contributed by atoms with Gasteiger partial charge in [-0.3, -0.25) is 0 Å². The molecule has 3 N–H and O–H groups in total. The van der Waals surface area contributed by atoms with Crippen LogP contribution < -0.4 is 10.5 Å². The predicted octanol–water partition coefficient (Wildman–Crippen LogP) is 3.61. The fourth-order valence-corrected chi connectivity index (χ4v) is 1.94. The second kappa shape index (κ2) is 7.19. The molecule has 0 amide bonds. The Labute approximate surface area is 121 Å². The molecule has 1 atom stereocenters. The lowest BCUT2D eigenvalue weighted by molar-refractivity contribution is -0.137. The van der Waals surface area contributed by atoms with Crippen molar-refractivity contribution in [3.63, 3.8) is 0 Å². The van der Waals surface area contributed by atoms with Gasteiger partial charge in [0.25, 0.3) is 0 Å². The van der Waals surface area contributed by atoms with E-state index in [0.717, 1.165) is 25.0 Å². The standard InChI is InChI=1S/C14H19F3N2O2/c1-3-4-9(2)8-21-10-5-6-11(13(18)19-20)12(7-10)14(15,16)17/h5-7,9,20H,3-4,8H2,1-2H3,(H2,18,19). The smallest absolute Gasteiger partial charge is 0.417 e. The maximum atomic E-state index is 13.0. The number of halogens is 3. The van der Waals surface area contributed by atoms with Crippen molar-refractivity contribution >= 4 is 5.84 Å². The van der Waals surface area contributed by atoms with E-state index in [9.17, 15) is 13.2 Å². The van der Waals surface area contributed by atoms with Crippen LogP contribution in [0.15, 0.2) is 23.4 Å². The fourth-order valence-electron chi connectivity index (χ4n) is 1.94. The number of rotatable bonds is 6. The summed E-state index contributed by atoms with van der Waals surface area (Å²) in [5.41, 5.74) is 3.90. The van der Waals surface area contributed by atoms with Gasteiger partial charge in [-0.15, -0.1) is 0 Å². The topological polar surface area (TPSA) is 67.8 Å². The Hall–Kier alpha value is -1.92. The van der Waals surface area contributed by atoms with Crippen molar-refractivity contribution in [1.82, 2.24) is 0 Å². The second-order valence-electron chi connectivity index (χ2n) is 4.90. The molecule has 0 saturated carbocycles. The highest BCUT2D eigenvalue weighted by Crippen LogP contribution is 2.34. The van der Waals surface area contributed by atoms with Crippen LogP contribution in [0.25, 0.3) is 0 Å². The predicted molar refractivity (Wildman–Crippen MR) is 73.5 cm³/mol. The van der Waals surface area contributed by atoms with Crippen LogP contribution in [0.4, 0.5) is 13.2 Å². The Kier molecular flexibility index (Phi) is 5.87. The molecule has 21 heavy (non-hydrogen) atoms. The largest absolute Gasteiger partial charge is 0.493 e. The molecule has 4 nitrogen and oxygen atoms in total. The van der Waals surface area contributed by atoms with Gasteiger partial charge in [-0.2, -0.15) is 13.2 Å². The van der Waals surface area contributed by atoms with Crippen molar-refractivity contribution in [1.29, 1.82) is 0 Å². The minimum atomic E-state index is -4.61. The van der Waals surface area contributed by atoms with Crippen molar-refractivity contribution in [2.24, 2.45) is 16.8 Å². The van der Waals surface area contributed by atoms with E-state index in [2.05, 4.69) is 5.16 Å². The minimum Gasteiger partial charge on any atom is -0.493 e. The summed E-state index contributed by atoms with van der Waals surface area (Å²) in [6.07, 6.45) is -2.69. The van der Waals surface area contributed by atoms with Gasteiger partial charge in [-0.25, -0.2) is 0 Å². The maximum absolute atomic E-state index is 13.0. The summed E-state index contributed by atoms with van der Waals surface area (Å²) >= 11 is 0. The van der Waals surface area contributed by atoms with E-state index in [-0.39, 0.29) is 17.2 Å². The monoisotopic (exact) mass is 304 g/mol.